The summed E-state index contributed by atoms with van der Waals surface area (Å²) in [5, 5.41) is 17.0. The molecule has 0 amide bonds. The van der Waals surface area contributed by atoms with E-state index < -0.39 is 0 Å². The molecule has 0 N–H and O–H groups in total. The van der Waals surface area contributed by atoms with Gasteiger partial charge in [0.05, 0.1) is 34.8 Å². The van der Waals surface area contributed by atoms with Gasteiger partial charge in [0, 0.05) is 39.9 Å². The highest BCUT2D eigenvalue weighted by Crippen LogP contribution is 2.22. The van der Waals surface area contributed by atoms with Crippen LogP contribution in [0.5, 0.6) is 0 Å². The fourth-order valence-electron chi connectivity index (χ4n) is 4.82. The summed E-state index contributed by atoms with van der Waals surface area (Å²) in [6.07, 6.45) is 11.6. The van der Waals surface area contributed by atoms with Crippen LogP contribution in [0.25, 0.3) is 21.8 Å². The maximum Gasteiger partial charge on any atom is 0.138 e. The van der Waals surface area contributed by atoms with Crippen molar-refractivity contribution in [2.75, 3.05) is 0 Å². The van der Waals surface area contributed by atoms with Crippen molar-refractivity contribution < 1.29 is 0 Å². The third-order valence-electron chi connectivity index (χ3n) is 8.02. The zero-order chi connectivity index (χ0) is 51.3. The highest BCUT2D eigenvalue weighted by atomic mass is 15.1. The summed E-state index contributed by atoms with van der Waals surface area (Å²) in [6.45, 7) is 47.2. The summed E-state index contributed by atoms with van der Waals surface area (Å²) in [5.41, 5.74) is 5.55. The van der Waals surface area contributed by atoms with Crippen molar-refractivity contribution in [2.45, 2.75) is 188 Å². The predicted molar refractivity (Wildman–Crippen MR) is 282 cm³/mol. The van der Waals surface area contributed by atoms with Gasteiger partial charge in [-0.2, -0.15) is 15.3 Å². The van der Waals surface area contributed by atoms with Gasteiger partial charge in [-0.15, -0.1) is 5.10 Å². The minimum Gasteiger partial charge on any atom is -0.240 e. The molecule has 0 spiro atoms. The van der Waals surface area contributed by atoms with E-state index in [-0.39, 0.29) is 10.8 Å². The van der Waals surface area contributed by atoms with Crippen molar-refractivity contribution in [3.05, 3.63) is 133 Å². The molecule has 0 aliphatic rings. The van der Waals surface area contributed by atoms with E-state index in [0.717, 1.165) is 45.3 Å². The Kier molecular flexibility index (Phi) is 36.6. The summed E-state index contributed by atoms with van der Waals surface area (Å²) < 4.78 is 0. The van der Waals surface area contributed by atoms with Crippen molar-refractivity contribution in [2.24, 2.45) is 0 Å². The summed E-state index contributed by atoms with van der Waals surface area (Å²) in [5.74, 6) is 4.00. The molecule has 5 aromatic heterocycles. The molecule has 0 radical (unpaired) electrons. The zero-order valence-electron chi connectivity index (χ0n) is 45.3. The molecule has 12 nitrogen and oxygen atoms in total. The number of aryl methyl sites for hydroxylation is 1. The molecule has 0 saturated carbocycles. The standard InChI is InChI=1S/C12H14N2.C11H12N2.2C7H11N3.C7H10N2.5C2H6/c1-8(2)12-10-6-4-5-7-11(10)13-9(3)14-12;1-8(2)11-12-7-9-5-3-4-6-10(9)13-11;1-7(2,3)6-9-4-8-5-10-6;1-7(2,3)6-4-9-10-5-8-6;1-6(2)7-3-4-8-9-5-7;5*1-2/h4-8H,1-3H3;3-8H,1-2H3;2*4-5H,1-3H3;3-6H,1-2H3;5*1-2H3. The Labute approximate surface area is 401 Å². The van der Waals surface area contributed by atoms with Crippen molar-refractivity contribution >= 4 is 21.8 Å². The molecule has 5 heterocycles. The molecule has 7 aromatic rings. The first-order chi connectivity index (χ1) is 31.5. The van der Waals surface area contributed by atoms with Crippen LogP contribution >= 0.6 is 0 Å². The van der Waals surface area contributed by atoms with Gasteiger partial charge in [-0.3, -0.25) is 0 Å². The molecule has 0 fully saturated rings. The largest absolute Gasteiger partial charge is 0.240 e. The molecule has 66 heavy (non-hydrogen) atoms. The second kappa shape index (κ2) is 37.4. The Hall–Kier alpha value is -5.78. The molecular weight excluding hydrogens is 817 g/mol. The predicted octanol–water partition coefficient (Wildman–Crippen LogP) is 14.9. The van der Waals surface area contributed by atoms with Crippen LogP contribution in [0.2, 0.25) is 0 Å². The first-order valence-corrected chi connectivity index (χ1v) is 23.9. The fourth-order valence-corrected chi connectivity index (χ4v) is 4.82. The second-order valence-corrected chi connectivity index (χ2v) is 16.1. The van der Waals surface area contributed by atoms with Crippen molar-refractivity contribution in [1.29, 1.82) is 0 Å². The maximum absolute atomic E-state index is 4.49. The van der Waals surface area contributed by atoms with E-state index in [1.54, 1.807) is 18.6 Å². The Morgan fingerprint density at radius 1 is 0.455 bits per heavy atom. The smallest absolute Gasteiger partial charge is 0.138 e. The Bertz CT molecular complexity index is 2120. The van der Waals surface area contributed by atoms with Gasteiger partial charge in [0.1, 0.15) is 36.5 Å². The lowest BCUT2D eigenvalue weighted by molar-refractivity contribution is 0.541. The monoisotopic (exact) mass is 905 g/mol. The van der Waals surface area contributed by atoms with E-state index in [2.05, 4.69) is 149 Å². The number of fused-ring (bicyclic) bond motifs is 2. The van der Waals surface area contributed by atoms with Gasteiger partial charge in [0.2, 0.25) is 0 Å². The van der Waals surface area contributed by atoms with Crippen LogP contribution in [0.15, 0.2) is 98.4 Å². The van der Waals surface area contributed by atoms with Gasteiger partial charge in [-0.05, 0) is 42.5 Å². The Morgan fingerprint density at radius 3 is 1.42 bits per heavy atom. The summed E-state index contributed by atoms with van der Waals surface area (Å²) in [4.78, 5) is 33.5. The van der Waals surface area contributed by atoms with Gasteiger partial charge >= 0.3 is 0 Å². The molecule has 12 heteroatoms. The van der Waals surface area contributed by atoms with E-state index >= 15 is 0 Å². The van der Waals surface area contributed by atoms with Crippen molar-refractivity contribution in [3.63, 3.8) is 0 Å². The fraction of sp³-hybridized carbons (Fsp3) is 0.519. The van der Waals surface area contributed by atoms with Gasteiger partial charge in [0.15, 0.2) is 0 Å². The van der Waals surface area contributed by atoms with E-state index in [1.165, 1.54) is 29.9 Å². The molecule has 0 saturated heterocycles. The molecule has 7 rings (SSSR count). The number of hydrogen-bond donors (Lipinski definition) is 0. The highest BCUT2D eigenvalue weighted by molar-refractivity contribution is 5.81. The van der Waals surface area contributed by atoms with Gasteiger partial charge in [-0.1, -0.05) is 189 Å². The first kappa shape index (κ1) is 64.5. The number of para-hydroxylation sites is 2. The quantitative estimate of drug-likeness (QED) is 0.166. The maximum atomic E-state index is 4.49. The summed E-state index contributed by atoms with van der Waals surface area (Å²) >= 11 is 0. The molecular formula is C54H88N12. The van der Waals surface area contributed by atoms with E-state index in [9.17, 15) is 0 Å². The van der Waals surface area contributed by atoms with Crippen LogP contribution in [-0.4, -0.2) is 60.3 Å². The summed E-state index contributed by atoms with van der Waals surface area (Å²) in [6, 6.07) is 18.2. The van der Waals surface area contributed by atoms with Gasteiger partial charge in [0.25, 0.3) is 0 Å². The van der Waals surface area contributed by atoms with Crippen molar-refractivity contribution in [3.8, 4) is 0 Å². The molecule has 0 bridgehead atoms. The lowest BCUT2D eigenvalue weighted by Gasteiger charge is -2.15. The SMILES string of the molecule is CC.CC.CC.CC.CC.CC(C)(C)c1cnncn1.CC(C)(C)c1ncncn1.CC(C)c1ccnnc1.CC(C)c1ncc2ccccc2n1.Cc1nc(C(C)C)c2ccccc2n1. The number of nitrogens with zero attached hydrogens (tertiary/aromatic N) is 12. The van der Waals surface area contributed by atoms with Gasteiger partial charge in [-0.25, -0.2) is 39.9 Å². The van der Waals surface area contributed by atoms with E-state index in [4.69, 9.17) is 0 Å². The second-order valence-electron chi connectivity index (χ2n) is 16.1. The first-order valence-electron chi connectivity index (χ1n) is 23.9. The number of rotatable bonds is 3. The summed E-state index contributed by atoms with van der Waals surface area (Å²) in [7, 11) is 0. The van der Waals surface area contributed by atoms with E-state index in [1.807, 2.05) is 131 Å². The third-order valence-corrected chi connectivity index (χ3v) is 8.02. The van der Waals surface area contributed by atoms with Crippen LogP contribution in [0.3, 0.4) is 0 Å². The molecule has 0 atom stereocenters. The molecule has 0 aliphatic heterocycles. The van der Waals surface area contributed by atoms with Crippen LogP contribution in [0.1, 0.15) is 205 Å². The number of hydrogen-bond acceptors (Lipinski definition) is 12. The van der Waals surface area contributed by atoms with Crippen LogP contribution in [0, 0.1) is 6.92 Å². The Morgan fingerprint density at radius 2 is 1.00 bits per heavy atom. The topological polar surface area (TPSA) is 155 Å². The number of benzene rings is 2. The van der Waals surface area contributed by atoms with Crippen LogP contribution < -0.4 is 0 Å². The third kappa shape index (κ3) is 26.2. The van der Waals surface area contributed by atoms with Crippen LogP contribution in [-0.2, 0) is 10.8 Å². The lowest BCUT2D eigenvalue weighted by Crippen LogP contribution is -2.15. The highest BCUT2D eigenvalue weighted by Gasteiger charge is 2.16. The van der Waals surface area contributed by atoms with Gasteiger partial charge < -0.3 is 0 Å². The Balaban J connectivity index is -0.000000722. The van der Waals surface area contributed by atoms with E-state index in [0.29, 0.717) is 17.8 Å². The average Bonchev–Trinajstić information content (AvgIpc) is 3.35. The molecule has 2 aromatic carbocycles. The lowest BCUT2D eigenvalue weighted by atomic mass is 9.93. The minimum atomic E-state index is 0.0307. The number of aromatic nitrogens is 12. The van der Waals surface area contributed by atoms with Crippen molar-refractivity contribution in [1.82, 2.24) is 60.3 Å². The average molecular weight is 905 g/mol. The van der Waals surface area contributed by atoms with Crippen LogP contribution in [0.4, 0.5) is 0 Å². The normalized spacial score (nSPS) is 9.85. The molecule has 0 aliphatic carbocycles. The zero-order valence-corrected chi connectivity index (χ0v) is 45.3. The molecule has 364 valence electrons. The minimum absolute atomic E-state index is 0.0307. The molecule has 0 unspecified atom stereocenters.